The monoisotopic (exact) mass is 388 g/mol. The van der Waals surface area contributed by atoms with E-state index in [1.807, 2.05) is 53.6 Å². The Labute approximate surface area is 161 Å². The molecule has 6 nitrogen and oxygen atoms in total. The lowest BCUT2D eigenvalue weighted by molar-refractivity contribution is 0.172. The predicted octanol–water partition coefficient (Wildman–Crippen LogP) is 3.95. The Balaban J connectivity index is 1.70. The van der Waals surface area contributed by atoms with Gasteiger partial charge in [-0.3, -0.25) is 0 Å². The molecule has 1 N–H and O–H groups in total. The normalized spacial score (nSPS) is 10.7. The van der Waals surface area contributed by atoms with Crippen molar-refractivity contribution in [2.24, 2.45) is 0 Å². The molecule has 8 heteroatoms. The van der Waals surface area contributed by atoms with Crippen molar-refractivity contribution in [2.45, 2.75) is 13.5 Å². The van der Waals surface area contributed by atoms with Gasteiger partial charge in [0.2, 0.25) is 5.89 Å². The molecule has 2 heterocycles. The van der Waals surface area contributed by atoms with Crippen molar-refractivity contribution in [1.82, 2.24) is 15.1 Å². The van der Waals surface area contributed by atoms with Gasteiger partial charge in [0.15, 0.2) is 5.11 Å². The van der Waals surface area contributed by atoms with Crippen LogP contribution in [0.15, 0.2) is 46.2 Å². The first kappa shape index (κ1) is 18.5. The fourth-order valence-electron chi connectivity index (χ4n) is 2.36. The number of thiocarbonyl (C=S) groups is 1. The molecule has 0 bridgehead atoms. The van der Waals surface area contributed by atoms with E-state index in [4.69, 9.17) is 21.4 Å². The van der Waals surface area contributed by atoms with Crippen molar-refractivity contribution in [1.29, 1.82) is 0 Å². The zero-order chi connectivity index (χ0) is 18.4. The largest absolute Gasteiger partial charge is 0.418 e. The maximum absolute atomic E-state index is 5.78. The molecule has 26 heavy (non-hydrogen) atoms. The van der Waals surface area contributed by atoms with E-state index >= 15 is 0 Å². The van der Waals surface area contributed by atoms with E-state index < -0.39 is 0 Å². The third kappa shape index (κ3) is 4.87. The predicted molar refractivity (Wildman–Crippen MR) is 107 cm³/mol. The number of hydrogen-bond acceptors (Lipinski definition) is 6. The van der Waals surface area contributed by atoms with E-state index in [9.17, 15) is 0 Å². The van der Waals surface area contributed by atoms with Gasteiger partial charge >= 0.3 is 0 Å². The van der Waals surface area contributed by atoms with Crippen molar-refractivity contribution < 1.29 is 9.15 Å². The Kier molecular flexibility index (Phi) is 6.32. The number of nitrogens with one attached hydrogen (secondary N) is 1. The van der Waals surface area contributed by atoms with Crippen LogP contribution in [-0.2, 0) is 11.3 Å². The lowest BCUT2D eigenvalue weighted by atomic mass is 10.2. The second-order valence-electron chi connectivity index (χ2n) is 5.69. The molecule has 0 saturated carbocycles. The molecule has 3 rings (SSSR count). The maximum Gasteiger partial charge on any atom is 0.257 e. The summed E-state index contributed by atoms with van der Waals surface area (Å²) in [5, 5.41) is 14.1. The molecule has 0 saturated heterocycles. The number of nitrogens with zero attached hydrogens (tertiary/aromatic N) is 3. The summed E-state index contributed by atoms with van der Waals surface area (Å²) in [6.45, 7) is 3.62. The molecular weight excluding hydrogens is 368 g/mol. The topological polar surface area (TPSA) is 63.4 Å². The fourth-order valence-corrected chi connectivity index (χ4v) is 3.28. The van der Waals surface area contributed by atoms with E-state index in [1.165, 1.54) is 5.56 Å². The van der Waals surface area contributed by atoms with Crippen LogP contribution >= 0.6 is 23.6 Å². The summed E-state index contributed by atoms with van der Waals surface area (Å²) in [7, 11) is 1.66. The molecule has 0 amide bonds. The molecule has 0 aliphatic heterocycles. The lowest BCUT2D eigenvalue weighted by Gasteiger charge is -2.24. The van der Waals surface area contributed by atoms with Crippen LogP contribution < -0.4 is 5.32 Å². The number of methoxy groups -OCH3 is 1. The van der Waals surface area contributed by atoms with Gasteiger partial charge in [-0.25, -0.2) is 0 Å². The fraction of sp³-hybridized carbons (Fsp3) is 0.278. The van der Waals surface area contributed by atoms with Gasteiger partial charge in [0.05, 0.1) is 18.0 Å². The number of aryl methyl sites for hydroxylation is 1. The second-order valence-corrected chi connectivity index (χ2v) is 7.03. The summed E-state index contributed by atoms with van der Waals surface area (Å²) in [6.07, 6.45) is 0. The molecule has 136 valence electrons. The van der Waals surface area contributed by atoms with E-state index in [0.717, 1.165) is 10.6 Å². The number of benzene rings is 1. The lowest BCUT2D eigenvalue weighted by Crippen LogP contribution is -2.36. The summed E-state index contributed by atoms with van der Waals surface area (Å²) in [4.78, 5) is 2.90. The minimum Gasteiger partial charge on any atom is -0.418 e. The molecule has 0 aliphatic carbocycles. The third-order valence-electron chi connectivity index (χ3n) is 3.65. The Hall–Kier alpha value is -2.29. The van der Waals surface area contributed by atoms with Crippen LogP contribution in [0.5, 0.6) is 0 Å². The highest BCUT2D eigenvalue weighted by molar-refractivity contribution is 7.80. The maximum atomic E-state index is 5.78. The number of thiophene rings is 1. The first-order valence-corrected chi connectivity index (χ1v) is 9.42. The molecule has 0 atom stereocenters. The molecule has 2 aromatic heterocycles. The van der Waals surface area contributed by atoms with Gasteiger partial charge in [-0.05, 0) is 48.3 Å². The summed E-state index contributed by atoms with van der Waals surface area (Å²) < 4.78 is 11.0. The number of aromatic nitrogens is 2. The van der Waals surface area contributed by atoms with Crippen LogP contribution in [0.2, 0.25) is 0 Å². The van der Waals surface area contributed by atoms with Gasteiger partial charge in [0, 0.05) is 19.3 Å². The van der Waals surface area contributed by atoms with Crippen molar-refractivity contribution in [3.05, 3.63) is 53.2 Å². The summed E-state index contributed by atoms with van der Waals surface area (Å²) in [6, 6.07) is 12.0. The molecule has 0 unspecified atom stereocenters. The van der Waals surface area contributed by atoms with Crippen LogP contribution in [0.25, 0.3) is 10.8 Å². The van der Waals surface area contributed by atoms with Crippen molar-refractivity contribution in [3.63, 3.8) is 0 Å². The first-order chi connectivity index (χ1) is 12.7. The van der Waals surface area contributed by atoms with Crippen molar-refractivity contribution >= 4 is 34.4 Å². The average Bonchev–Trinajstić information content (AvgIpc) is 3.30. The molecule has 0 spiro atoms. The summed E-state index contributed by atoms with van der Waals surface area (Å²) in [5.74, 6) is 1.04. The second kappa shape index (κ2) is 8.88. The molecule has 1 aromatic carbocycles. The molecule has 3 aromatic rings. The van der Waals surface area contributed by atoms with E-state index in [0.29, 0.717) is 36.6 Å². The van der Waals surface area contributed by atoms with Gasteiger partial charge in [-0.15, -0.1) is 21.5 Å². The molecule has 0 radical (unpaired) electrons. The Bertz CT molecular complexity index is 849. The summed E-state index contributed by atoms with van der Waals surface area (Å²) in [5.41, 5.74) is 2.11. The number of anilines is 1. The quantitative estimate of drug-likeness (QED) is 0.615. The van der Waals surface area contributed by atoms with Gasteiger partial charge < -0.3 is 19.4 Å². The van der Waals surface area contributed by atoms with Crippen molar-refractivity contribution in [2.75, 3.05) is 25.6 Å². The van der Waals surface area contributed by atoms with Crippen LogP contribution in [0.3, 0.4) is 0 Å². The smallest absolute Gasteiger partial charge is 0.257 e. The highest BCUT2D eigenvalue weighted by atomic mass is 32.1. The van der Waals surface area contributed by atoms with Gasteiger partial charge in [-0.1, -0.05) is 18.2 Å². The van der Waals surface area contributed by atoms with Crippen LogP contribution in [0, 0.1) is 6.92 Å². The molecule has 0 aliphatic rings. The third-order valence-corrected chi connectivity index (χ3v) is 4.86. The Morgan fingerprint density at radius 1 is 1.31 bits per heavy atom. The number of hydrogen-bond donors (Lipinski definition) is 1. The number of ether oxygens (including phenoxy) is 1. The van der Waals surface area contributed by atoms with Crippen LogP contribution in [0.4, 0.5) is 5.69 Å². The van der Waals surface area contributed by atoms with E-state index in [1.54, 1.807) is 18.4 Å². The van der Waals surface area contributed by atoms with Crippen LogP contribution in [0.1, 0.15) is 11.5 Å². The Morgan fingerprint density at radius 3 is 2.92 bits per heavy atom. The average molecular weight is 389 g/mol. The van der Waals surface area contributed by atoms with Gasteiger partial charge in [0.25, 0.3) is 5.89 Å². The minimum atomic E-state index is 0.416. The van der Waals surface area contributed by atoms with E-state index in [-0.39, 0.29) is 0 Å². The minimum absolute atomic E-state index is 0.416. The van der Waals surface area contributed by atoms with Gasteiger partial charge in [-0.2, -0.15) is 0 Å². The zero-order valence-corrected chi connectivity index (χ0v) is 16.3. The van der Waals surface area contributed by atoms with Gasteiger partial charge in [0.1, 0.15) is 0 Å². The van der Waals surface area contributed by atoms with Crippen molar-refractivity contribution in [3.8, 4) is 10.8 Å². The summed E-state index contributed by atoms with van der Waals surface area (Å²) >= 11 is 7.13. The molecular formula is C18H20N4O2S2. The molecule has 0 fully saturated rings. The van der Waals surface area contributed by atoms with E-state index in [2.05, 4.69) is 15.5 Å². The highest BCUT2D eigenvalue weighted by Gasteiger charge is 2.16. The Morgan fingerprint density at radius 2 is 2.19 bits per heavy atom. The highest BCUT2D eigenvalue weighted by Crippen LogP contribution is 2.23. The number of rotatable bonds is 7. The SMILES string of the molecule is COCCN(Cc1nnc(-c2cccs2)o1)C(=S)Nc1cccc(C)c1. The van der Waals surface area contributed by atoms with Crippen LogP contribution in [-0.4, -0.2) is 40.5 Å². The first-order valence-electron chi connectivity index (χ1n) is 8.13. The zero-order valence-electron chi connectivity index (χ0n) is 14.6. The standard InChI is InChI=1S/C18H20N4O2S2/c1-13-5-3-6-14(11-13)19-18(25)22(8-9-23-2)12-16-20-21-17(24-16)15-7-4-10-26-15/h3-7,10-11H,8-9,12H2,1-2H3,(H,19,25).